The highest BCUT2D eigenvalue weighted by Crippen LogP contribution is 2.20. The summed E-state index contributed by atoms with van der Waals surface area (Å²) in [5.74, 6) is -0.920. The normalized spacial score (nSPS) is 17.0. The smallest absolute Gasteiger partial charge is 0.354 e. The Balaban J connectivity index is 2.21. The van der Waals surface area contributed by atoms with Crippen LogP contribution in [0.2, 0.25) is 0 Å². The number of carboxylic acids is 1. The Labute approximate surface area is 81.3 Å². The Morgan fingerprint density at radius 2 is 2.21 bits per heavy atom. The first-order valence-corrected chi connectivity index (χ1v) is 4.52. The standard InChI is InChI=1S/C9H12N2O3/c12-9(13)8-7(1-2-10-8)11-3-5-14-6-4-11/h1-2,10H,3-6H2,(H,12,13). The van der Waals surface area contributed by atoms with E-state index in [9.17, 15) is 4.79 Å². The molecule has 0 atom stereocenters. The Hall–Kier alpha value is -1.49. The lowest BCUT2D eigenvalue weighted by Crippen LogP contribution is -2.36. The van der Waals surface area contributed by atoms with Gasteiger partial charge < -0.3 is 19.7 Å². The van der Waals surface area contributed by atoms with Gasteiger partial charge in [-0.1, -0.05) is 0 Å². The molecule has 0 aromatic carbocycles. The van der Waals surface area contributed by atoms with Crippen LogP contribution in [0.3, 0.4) is 0 Å². The second-order valence-electron chi connectivity index (χ2n) is 3.14. The molecule has 2 N–H and O–H groups in total. The van der Waals surface area contributed by atoms with Crippen LogP contribution in [0.25, 0.3) is 0 Å². The fraction of sp³-hybridized carbons (Fsp3) is 0.444. The average molecular weight is 196 g/mol. The zero-order valence-corrected chi connectivity index (χ0v) is 7.69. The van der Waals surface area contributed by atoms with E-state index in [-0.39, 0.29) is 5.69 Å². The van der Waals surface area contributed by atoms with Gasteiger partial charge in [-0.2, -0.15) is 0 Å². The van der Waals surface area contributed by atoms with Crippen LogP contribution in [0.1, 0.15) is 10.5 Å². The van der Waals surface area contributed by atoms with Gasteiger partial charge in [0.15, 0.2) is 0 Å². The van der Waals surface area contributed by atoms with E-state index in [1.807, 2.05) is 4.90 Å². The highest BCUT2D eigenvalue weighted by atomic mass is 16.5. The minimum atomic E-state index is -0.920. The lowest BCUT2D eigenvalue weighted by molar-refractivity contribution is 0.0690. The maximum Gasteiger partial charge on any atom is 0.354 e. The van der Waals surface area contributed by atoms with E-state index in [0.29, 0.717) is 13.2 Å². The molecule has 5 heteroatoms. The molecule has 0 spiro atoms. The number of hydrogen-bond donors (Lipinski definition) is 2. The predicted molar refractivity (Wildman–Crippen MR) is 50.8 cm³/mol. The zero-order valence-electron chi connectivity index (χ0n) is 7.69. The van der Waals surface area contributed by atoms with Gasteiger partial charge in [-0.15, -0.1) is 0 Å². The monoisotopic (exact) mass is 196 g/mol. The van der Waals surface area contributed by atoms with Gasteiger partial charge in [0.1, 0.15) is 5.69 Å². The van der Waals surface area contributed by atoms with E-state index in [4.69, 9.17) is 9.84 Å². The van der Waals surface area contributed by atoms with Gasteiger partial charge in [-0.3, -0.25) is 0 Å². The van der Waals surface area contributed by atoms with Crippen LogP contribution < -0.4 is 4.90 Å². The molecule has 0 radical (unpaired) electrons. The topological polar surface area (TPSA) is 65.6 Å². The molecule has 1 fully saturated rings. The van der Waals surface area contributed by atoms with Gasteiger partial charge in [-0.05, 0) is 6.07 Å². The van der Waals surface area contributed by atoms with E-state index < -0.39 is 5.97 Å². The Kier molecular flexibility index (Phi) is 2.41. The summed E-state index contributed by atoms with van der Waals surface area (Å²) in [6, 6.07) is 1.79. The molecular formula is C9H12N2O3. The van der Waals surface area contributed by atoms with E-state index in [1.54, 1.807) is 12.3 Å². The van der Waals surface area contributed by atoms with Crippen LogP contribution in [0.15, 0.2) is 12.3 Å². The molecule has 2 rings (SSSR count). The largest absolute Gasteiger partial charge is 0.477 e. The molecule has 0 aliphatic carbocycles. The molecule has 0 unspecified atom stereocenters. The van der Waals surface area contributed by atoms with Crippen molar-refractivity contribution < 1.29 is 14.6 Å². The first-order valence-electron chi connectivity index (χ1n) is 4.52. The first-order chi connectivity index (χ1) is 6.79. The third kappa shape index (κ3) is 1.58. The Morgan fingerprint density at radius 1 is 1.50 bits per heavy atom. The number of hydrogen-bond acceptors (Lipinski definition) is 3. The number of aromatic amines is 1. The Bertz CT molecular complexity index is 329. The van der Waals surface area contributed by atoms with Crippen molar-refractivity contribution in [3.63, 3.8) is 0 Å². The molecule has 14 heavy (non-hydrogen) atoms. The second kappa shape index (κ2) is 3.71. The molecule has 1 aromatic rings. The summed E-state index contributed by atoms with van der Waals surface area (Å²) in [5, 5.41) is 8.90. The zero-order chi connectivity index (χ0) is 9.97. The van der Waals surface area contributed by atoms with Gasteiger partial charge in [-0.25, -0.2) is 4.79 Å². The number of ether oxygens (including phenoxy) is 1. The number of aromatic nitrogens is 1. The van der Waals surface area contributed by atoms with Crippen molar-refractivity contribution in [1.29, 1.82) is 0 Å². The number of carboxylic acid groups (broad SMARTS) is 1. The summed E-state index contributed by atoms with van der Waals surface area (Å²) in [4.78, 5) is 15.6. The molecular weight excluding hydrogens is 184 g/mol. The van der Waals surface area contributed by atoms with E-state index in [1.165, 1.54) is 0 Å². The summed E-state index contributed by atoms with van der Waals surface area (Å²) in [6.45, 7) is 2.81. The van der Waals surface area contributed by atoms with Crippen molar-refractivity contribution >= 4 is 11.7 Å². The number of nitrogens with one attached hydrogen (secondary N) is 1. The lowest BCUT2D eigenvalue weighted by atomic mass is 10.3. The van der Waals surface area contributed by atoms with Crippen LogP contribution in [0.4, 0.5) is 5.69 Å². The van der Waals surface area contributed by atoms with Gasteiger partial charge in [0.05, 0.1) is 18.9 Å². The van der Waals surface area contributed by atoms with Crippen LogP contribution in [0, 0.1) is 0 Å². The molecule has 1 aliphatic rings. The molecule has 0 saturated carbocycles. The number of anilines is 1. The predicted octanol–water partition coefficient (Wildman–Crippen LogP) is 0.549. The number of carbonyl (C=O) groups is 1. The minimum Gasteiger partial charge on any atom is -0.477 e. The van der Waals surface area contributed by atoms with Crippen LogP contribution >= 0.6 is 0 Å². The molecule has 76 valence electrons. The maximum absolute atomic E-state index is 10.8. The third-order valence-electron chi connectivity index (χ3n) is 2.29. The Morgan fingerprint density at radius 3 is 2.86 bits per heavy atom. The number of H-pyrrole nitrogens is 1. The quantitative estimate of drug-likeness (QED) is 0.725. The van der Waals surface area contributed by atoms with Crippen molar-refractivity contribution in [2.75, 3.05) is 31.2 Å². The fourth-order valence-electron chi connectivity index (χ4n) is 1.60. The summed E-state index contributed by atoms with van der Waals surface area (Å²) in [5.41, 5.74) is 1.01. The summed E-state index contributed by atoms with van der Waals surface area (Å²) in [6.07, 6.45) is 1.65. The number of morpholine rings is 1. The van der Waals surface area contributed by atoms with Crippen molar-refractivity contribution in [3.8, 4) is 0 Å². The van der Waals surface area contributed by atoms with Crippen LogP contribution in [-0.4, -0.2) is 42.4 Å². The van der Waals surface area contributed by atoms with Gasteiger partial charge in [0.2, 0.25) is 0 Å². The molecule has 1 aliphatic heterocycles. The molecule has 2 heterocycles. The van der Waals surface area contributed by atoms with Crippen LogP contribution in [0.5, 0.6) is 0 Å². The SMILES string of the molecule is O=C(O)c1[nH]ccc1N1CCOCC1. The number of nitrogens with zero attached hydrogens (tertiary/aromatic N) is 1. The van der Waals surface area contributed by atoms with E-state index >= 15 is 0 Å². The lowest BCUT2D eigenvalue weighted by Gasteiger charge is -2.28. The van der Waals surface area contributed by atoms with Gasteiger partial charge in [0.25, 0.3) is 0 Å². The highest BCUT2D eigenvalue weighted by Gasteiger charge is 2.18. The molecule has 0 bridgehead atoms. The van der Waals surface area contributed by atoms with Crippen molar-refractivity contribution in [2.45, 2.75) is 0 Å². The van der Waals surface area contributed by atoms with E-state index in [0.717, 1.165) is 18.8 Å². The van der Waals surface area contributed by atoms with Crippen molar-refractivity contribution in [3.05, 3.63) is 18.0 Å². The molecule has 1 aromatic heterocycles. The summed E-state index contributed by atoms with van der Waals surface area (Å²) < 4.78 is 5.20. The van der Waals surface area contributed by atoms with Gasteiger partial charge >= 0.3 is 5.97 Å². The maximum atomic E-state index is 10.8. The molecule has 0 amide bonds. The number of aromatic carboxylic acids is 1. The van der Waals surface area contributed by atoms with Crippen molar-refractivity contribution in [2.24, 2.45) is 0 Å². The van der Waals surface area contributed by atoms with E-state index in [2.05, 4.69) is 4.98 Å². The van der Waals surface area contributed by atoms with Crippen molar-refractivity contribution in [1.82, 2.24) is 4.98 Å². The summed E-state index contributed by atoms with van der Waals surface area (Å²) in [7, 11) is 0. The second-order valence-corrected chi connectivity index (χ2v) is 3.14. The van der Waals surface area contributed by atoms with Gasteiger partial charge in [0, 0.05) is 19.3 Å². The third-order valence-corrected chi connectivity index (χ3v) is 2.29. The van der Waals surface area contributed by atoms with Crippen LogP contribution in [-0.2, 0) is 4.74 Å². The molecule has 1 saturated heterocycles. The first kappa shape index (κ1) is 9.08. The summed E-state index contributed by atoms with van der Waals surface area (Å²) >= 11 is 0. The average Bonchev–Trinajstić information content (AvgIpc) is 2.67. The fourth-order valence-corrected chi connectivity index (χ4v) is 1.60. The molecule has 5 nitrogen and oxygen atoms in total. The number of rotatable bonds is 2. The minimum absolute atomic E-state index is 0.256. The highest BCUT2D eigenvalue weighted by molar-refractivity contribution is 5.92.